The molecule has 1 amide bonds. The lowest BCUT2D eigenvalue weighted by atomic mass is 10.0. The maximum atomic E-state index is 12.7. The molecule has 0 saturated heterocycles. The van der Waals surface area contributed by atoms with Gasteiger partial charge >= 0.3 is 6.18 Å². The number of carbonyl (C=O) groups excluding carboxylic acids is 1. The first-order valence-corrected chi connectivity index (χ1v) is 6.04. The highest BCUT2D eigenvalue weighted by molar-refractivity contribution is 5.91. The predicted octanol–water partition coefficient (Wildman–Crippen LogP) is 3.02. The summed E-state index contributed by atoms with van der Waals surface area (Å²) in [6.45, 7) is 2.22. The normalized spacial score (nSPS) is 13.1. The molecule has 0 saturated carbocycles. The molecule has 0 radical (unpaired) electrons. The molecular formula is C13H17F3N2O. The molecule has 19 heavy (non-hydrogen) atoms. The first kappa shape index (κ1) is 15.5. The molecule has 0 heterocycles. The van der Waals surface area contributed by atoms with E-state index in [1.165, 1.54) is 18.2 Å². The van der Waals surface area contributed by atoms with Crippen LogP contribution in [0.2, 0.25) is 0 Å². The lowest BCUT2D eigenvalue weighted by Gasteiger charge is -2.15. The number of benzene rings is 1. The van der Waals surface area contributed by atoms with Crippen LogP contribution >= 0.6 is 0 Å². The Morgan fingerprint density at radius 1 is 1.37 bits per heavy atom. The van der Waals surface area contributed by atoms with Crippen LogP contribution in [0, 0.1) is 5.92 Å². The zero-order valence-corrected chi connectivity index (χ0v) is 10.6. The van der Waals surface area contributed by atoms with Gasteiger partial charge in [-0.3, -0.25) is 4.79 Å². The molecule has 1 rings (SSSR count). The van der Waals surface area contributed by atoms with Crippen molar-refractivity contribution in [3.63, 3.8) is 0 Å². The third kappa shape index (κ3) is 4.55. The molecule has 1 aromatic carbocycles. The summed E-state index contributed by atoms with van der Waals surface area (Å²) in [5, 5.41) is 2.30. The van der Waals surface area contributed by atoms with Gasteiger partial charge in [-0.1, -0.05) is 25.5 Å². The third-order valence-electron chi connectivity index (χ3n) is 2.89. The molecule has 0 fully saturated rings. The summed E-state index contributed by atoms with van der Waals surface area (Å²) >= 11 is 0. The first-order valence-electron chi connectivity index (χ1n) is 6.04. The topological polar surface area (TPSA) is 55.1 Å². The van der Waals surface area contributed by atoms with Gasteiger partial charge in [-0.25, -0.2) is 0 Å². The van der Waals surface area contributed by atoms with E-state index in [0.717, 1.165) is 6.07 Å². The summed E-state index contributed by atoms with van der Waals surface area (Å²) in [5.41, 5.74) is 4.40. The minimum absolute atomic E-state index is 0.0157. The molecule has 1 aromatic rings. The van der Waals surface area contributed by atoms with E-state index in [-0.39, 0.29) is 18.0 Å². The molecule has 1 unspecified atom stereocenters. The van der Waals surface area contributed by atoms with Crippen molar-refractivity contribution in [3.8, 4) is 0 Å². The van der Waals surface area contributed by atoms with Gasteiger partial charge in [0.05, 0.1) is 11.3 Å². The average Bonchev–Trinajstić information content (AvgIpc) is 2.35. The summed E-state index contributed by atoms with van der Waals surface area (Å²) < 4.78 is 38.2. The van der Waals surface area contributed by atoms with Gasteiger partial charge in [0.25, 0.3) is 0 Å². The number of nitrogens with one attached hydrogen (secondary N) is 1. The Bertz CT molecular complexity index is 428. The van der Waals surface area contributed by atoms with Gasteiger partial charge in [0.1, 0.15) is 0 Å². The maximum Gasteiger partial charge on any atom is 0.418 e. The Hall–Kier alpha value is -1.56. The maximum absolute atomic E-state index is 12.7. The molecule has 106 valence electrons. The Kier molecular flexibility index (Phi) is 5.35. The average molecular weight is 274 g/mol. The van der Waals surface area contributed by atoms with Gasteiger partial charge < -0.3 is 11.1 Å². The van der Waals surface area contributed by atoms with E-state index in [2.05, 4.69) is 5.32 Å². The highest BCUT2D eigenvalue weighted by Gasteiger charge is 2.33. The molecule has 0 aliphatic carbocycles. The van der Waals surface area contributed by atoms with E-state index in [9.17, 15) is 18.0 Å². The number of halogens is 3. The fourth-order valence-corrected chi connectivity index (χ4v) is 1.70. The van der Waals surface area contributed by atoms with Crippen molar-refractivity contribution in [2.45, 2.75) is 25.9 Å². The molecule has 3 N–H and O–H groups in total. The molecule has 6 heteroatoms. The van der Waals surface area contributed by atoms with Crippen LogP contribution in [0.5, 0.6) is 0 Å². The monoisotopic (exact) mass is 274 g/mol. The Morgan fingerprint density at radius 3 is 2.53 bits per heavy atom. The SMILES string of the molecule is CCC(CN)CC(=O)Nc1ccccc1C(F)(F)F. The smallest absolute Gasteiger partial charge is 0.330 e. The van der Waals surface area contributed by atoms with Gasteiger partial charge in [-0.15, -0.1) is 0 Å². The van der Waals surface area contributed by atoms with Gasteiger partial charge in [0, 0.05) is 6.42 Å². The van der Waals surface area contributed by atoms with Crippen molar-refractivity contribution in [3.05, 3.63) is 29.8 Å². The van der Waals surface area contributed by atoms with E-state index >= 15 is 0 Å². The fraction of sp³-hybridized carbons (Fsp3) is 0.462. The zero-order chi connectivity index (χ0) is 14.5. The summed E-state index contributed by atoms with van der Waals surface area (Å²) in [4.78, 5) is 11.7. The van der Waals surface area contributed by atoms with E-state index < -0.39 is 17.6 Å². The Morgan fingerprint density at radius 2 is 2.00 bits per heavy atom. The van der Waals surface area contributed by atoms with Crippen molar-refractivity contribution in [2.24, 2.45) is 11.7 Å². The van der Waals surface area contributed by atoms with Gasteiger partial charge in [0.2, 0.25) is 5.91 Å². The second kappa shape index (κ2) is 6.56. The van der Waals surface area contributed by atoms with Crippen LogP contribution in [-0.4, -0.2) is 12.5 Å². The lowest BCUT2D eigenvalue weighted by molar-refractivity contribution is -0.137. The molecule has 1 atom stereocenters. The van der Waals surface area contributed by atoms with Crippen LogP contribution in [0.15, 0.2) is 24.3 Å². The van der Waals surface area contributed by atoms with E-state index in [1.807, 2.05) is 6.92 Å². The number of nitrogens with two attached hydrogens (primary N) is 1. The fourth-order valence-electron chi connectivity index (χ4n) is 1.70. The molecular weight excluding hydrogens is 257 g/mol. The number of amides is 1. The molecule has 0 aliphatic heterocycles. The highest BCUT2D eigenvalue weighted by Crippen LogP contribution is 2.34. The summed E-state index contributed by atoms with van der Waals surface area (Å²) in [5.74, 6) is -0.466. The number of rotatable bonds is 5. The van der Waals surface area contributed by atoms with Gasteiger partial charge in [-0.05, 0) is 24.6 Å². The lowest BCUT2D eigenvalue weighted by Crippen LogP contribution is -2.23. The zero-order valence-electron chi connectivity index (χ0n) is 10.6. The second-order valence-electron chi connectivity index (χ2n) is 4.31. The van der Waals surface area contributed by atoms with Crippen LogP contribution in [0.4, 0.5) is 18.9 Å². The van der Waals surface area contributed by atoms with E-state index in [0.29, 0.717) is 13.0 Å². The van der Waals surface area contributed by atoms with Gasteiger partial charge in [0.15, 0.2) is 0 Å². The largest absolute Gasteiger partial charge is 0.418 e. The predicted molar refractivity (Wildman–Crippen MR) is 67.5 cm³/mol. The van der Waals surface area contributed by atoms with E-state index in [1.54, 1.807) is 0 Å². The van der Waals surface area contributed by atoms with Crippen molar-refractivity contribution >= 4 is 11.6 Å². The first-order chi connectivity index (χ1) is 8.88. The molecule has 0 bridgehead atoms. The van der Waals surface area contributed by atoms with Crippen molar-refractivity contribution in [2.75, 3.05) is 11.9 Å². The van der Waals surface area contributed by atoms with Gasteiger partial charge in [-0.2, -0.15) is 13.2 Å². The number of anilines is 1. The molecule has 0 aliphatic rings. The number of hydrogen-bond donors (Lipinski definition) is 2. The van der Waals surface area contributed by atoms with Crippen LogP contribution in [0.3, 0.4) is 0 Å². The number of para-hydroxylation sites is 1. The molecule has 0 aromatic heterocycles. The van der Waals surface area contributed by atoms with Crippen molar-refractivity contribution in [1.82, 2.24) is 0 Å². The number of hydrogen-bond acceptors (Lipinski definition) is 2. The highest BCUT2D eigenvalue weighted by atomic mass is 19.4. The number of alkyl halides is 3. The second-order valence-corrected chi connectivity index (χ2v) is 4.31. The summed E-state index contributed by atoms with van der Waals surface area (Å²) in [6.07, 6.45) is -3.65. The van der Waals surface area contributed by atoms with Crippen LogP contribution < -0.4 is 11.1 Å². The minimum atomic E-state index is -4.48. The quantitative estimate of drug-likeness (QED) is 0.867. The Labute approximate surface area is 110 Å². The third-order valence-corrected chi connectivity index (χ3v) is 2.89. The summed E-state index contributed by atoms with van der Waals surface area (Å²) in [7, 11) is 0. The number of carbonyl (C=O) groups is 1. The Balaban J connectivity index is 2.80. The molecule has 3 nitrogen and oxygen atoms in total. The van der Waals surface area contributed by atoms with E-state index in [4.69, 9.17) is 5.73 Å². The minimum Gasteiger partial charge on any atom is -0.330 e. The van der Waals surface area contributed by atoms with Crippen molar-refractivity contribution in [1.29, 1.82) is 0 Å². The molecule has 0 spiro atoms. The van der Waals surface area contributed by atoms with Crippen LogP contribution in [0.1, 0.15) is 25.3 Å². The summed E-state index contributed by atoms with van der Waals surface area (Å²) in [6, 6.07) is 4.91. The standard InChI is InChI=1S/C13H17F3N2O/c1-2-9(8-17)7-12(19)18-11-6-4-3-5-10(11)13(14,15)16/h3-6,9H,2,7-8,17H2,1H3,(H,18,19). The van der Waals surface area contributed by atoms with Crippen LogP contribution in [0.25, 0.3) is 0 Å². The van der Waals surface area contributed by atoms with Crippen molar-refractivity contribution < 1.29 is 18.0 Å². The van der Waals surface area contributed by atoms with Crippen LogP contribution in [-0.2, 0) is 11.0 Å².